The number of methoxy groups -OCH3 is 1. The number of alkyl halides is 3. The summed E-state index contributed by atoms with van der Waals surface area (Å²) < 4.78 is 42.0. The maximum Gasteiger partial charge on any atom is 0.418 e. The highest BCUT2D eigenvalue weighted by Gasteiger charge is 2.40. The molecule has 5 heteroatoms. The van der Waals surface area contributed by atoms with E-state index in [4.69, 9.17) is 9.84 Å². The molecule has 1 rings (SSSR count). The van der Waals surface area contributed by atoms with E-state index in [-0.39, 0.29) is 5.56 Å². The van der Waals surface area contributed by atoms with Crippen LogP contribution in [0.5, 0.6) is 5.75 Å². The summed E-state index contributed by atoms with van der Waals surface area (Å²) >= 11 is 0. The highest BCUT2D eigenvalue weighted by Crippen LogP contribution is 2.36. The third kappa shape index (κ3) is 2.47. The second-order valence-electron chi connectivity index (χ2n) is 3.62. The largest absolute Gasteiger partial charge is 0.496 e. The van der Waals surface area contributed by atoms with Crippen LogP contribution in [0.25, 0.3) is 0 Å². The first-order chi connectivity index (χ1) is 7.27. The minimum atomic E-state index is -4.65. The van der Waals surface area contributed by atoms with Gasteiger partial charge in [-0.05, 0) is 42.7 Å². The molecule has 0 amide bonds. The van der Waals surface area contributed by atoms with E-state index in [1.165, 1.54) is 26.2 Å². The average molecular weight is 234 g/mol. The van der Waals surface area contributed by atoms with Crippen molar-refractivity contribution >= 4 is 0 Å². The zero-order valence-corrected chi connectivity index (χ0v) is 9.22. The molecule has 0 bridgehead atoms. The molecule has 0 aromatic heterocycles. The van der Waals surface area contributed by atoms with Crippen LogP contribution in [-0.4, -0.2) is 18.4 Å². The molecule has 16 heavy (non-hydrogen) atoms. The molecule has 1 aromatic carbocycles. The second kappa shape index (κ2) is 4.33. The first kappa shape index (κ1) is 12.8. The molecule has 1 N–H and O–H groups in total. The number of hydrogen-bond acceptors (Lipinski definition) is 2. The van der Waals surface area contributed by atoms with E-state index in [2.05, 4.69) is 0 Å². The van der Waals surface area contributed by atoms with E-state index < -0.39 is 12.3 Å². The molecule has 0 aliphatic rings. The van der Waals surface area contributed by atoms with Crippen LogP contribution in [0.15, 0.2) is 12.1 Å². The minimum absolute atomic E-state index is 0.134. The zero-order chi connectivity index (χ0) is 12.5. The fourth-order valence-electron chi connectivity index (χ4n) is 1.50. The van der Waals surface area contributed by atoms with Crippen molar-refractivity contribution < 1.29 is 23.0 Å². The van der Waals surface area contributed by atoms with Gasteiger partial charge in [-0.1, -0.05) is 0 Å². The monoisotopic (exact) mass is 234 g/mol. The Hall–Kier alpha value is -1.23. The molecule has 90 valence electrons. The number of hydrogen-bond donors (Lipinski definition) is 1. The number of rotatable bonds is 2. The van der Waals surface area contributed by atoms with Crippen molar-refractivity contribution in [1.29, 1.82) is 0 Å². The van der Waals surface area contributed by atoms with Gasteiger partial charge in [0.15, 0.2) is 6.10 Å². The lowest BCUT2D eigenvalue weighted by molar-refractivity contribution is -0.207. The summed E-state index contributed by atoms with van der Waals surface area (Å²) in [6.45, 7) is 3.14. The molecule has 0 fully saturated rings. The van der Waals surface area contributed by atoms with Gasteiger partial charge < -0.3 is 9.84 Å². The van der Waals surface area contributed by atoms with E-state index in [1.54, 1.807) is 6.92 Å². The van der Waals surface area contributed by atoms with E-state index in [1.807, 2.05) is 0 Å². The number of halogens is 3. The summed E-state index contributed by atoms with van der Waals surface area (Å²) in [6, 6.07) is 2.78. The van der Waals surface area contributed by atoms with Gasteiger partial charge in [0, 0.05) is 0 Å². The Kier molecular flexibility index (Phi) is 3.48. The predicted octanol–water partition coefficient (Wildman–Crippen LogP) is 2.91. The smallest absolute Gasteiger partial charge is 0.418 e. The molecule has 1 aromatic rings. The molecule has 0 heterocycles. The Morgan fingerprint density at radius 1 is 1.19 bits per heavy atom. The van der Waals surface area contributed by atoms with Crippen LogP contribution in [0.2, 0.25) is 0 Å². The van der Waals surface area contributed by atoms with E-state index in [0.29, 0.717) is 16.9 Å². The van der Waals surface area contributed by atoms with Gasteiger partial charge in [0.25, 0.3) is 0 Å². The first-order valence-electron chi connectivity index (χ1n) is 4.67. The van der Waals surface area contributed by atoms with Gasteiger partial charge >= 0.3 is 6.18 Å². The van der Waals surface area contributed by atoms with Gasteiger partial charge in [0.05, 0.1) is 7.11 Å². The zero-order valence-electron chi connectivity index (χ0n) is 9.22. The third-order valence-corrected chi connectivity index (χ3v) is 2.39. The number of aliphatic hydroxyl groups excluding tert-OH is 1. The van der Waals surface area contributed by atoms with Crippen molar-refractivity contribution in [3.63, 3.8) is 0 Å². The average Bonchev–Trinajstić information content (AvgIpc) is 2.18. The Bertz CT molecular complexity index is 386. The van der Waals surface area contributed by atoms with Gasteiger partial charge in [-0.25, -0.2) is 0 Å². The minimum Gasteiger partial charge on any atom is -0.496 e. The van der Waals surface area contributed by atoms with Crippen LogP contribution in [0.1, 0.15) is 22.8 Å². The molecule has 2 nitrogen and oxygen atoms in total. The first-order valence-corrected chi connectivity index (χ1v) is 4.67. The molecule has 0 saturated heterocycles. The number of benzene rings is 1. The van der Waals surface area contributed by atoms with Crippen LogP contribution < -0.4 is 4.74 Å². The lowest BCUT2D eigenvalue weighted by Gasteiger charge is -2.18. The standard InChI is InChI=1S/C11H13F3O2/c1-6-5-9(16-3)7(2)4-8(6)10(15)11(12,13)14/h4-5,10,15H,1-3H3/t10-/m0/s1. The van der Waals surface area contributed by atoms with Crippen molar-refractivity contribution in [2.24, 2.45) is 0 Å². The van der Waals surface area contributed by atoms with Crippen LogP contribution in [0.3, 0.4) is 0 Å². The SMILES string of the molecule is COc1cc(C)c([C@H](O)C(F)(F)F)cc1C. The topological polar surface area (TPSA) is 29.5 Å². The van der Waals surface area contributed by atoms with Crippen LogP contribution in [0.4, 0.5) is 13.2 Å². The van der Waals surface area contributed by atoms with Crippen LogP contribution in [-0.2, 0) is 0 Å². The third-order valence-electron chi connectivity index (χ3n) is 2.39. The maximum atomic E-state index is 12.3. The molecule has 0 aliphatic heterocycles. The number of ether oxygens (including phenoxy) is 1. The summed E-state index contributed by atoms with van der Waals surface area (Å²) in [6.07, 6.45) is -7.09. The molecule has 0 aliphatic carbocycles. The fraction of sp³-hybridized carbons (Fsp3) is 0.455. The molecule has 0 unspecified atom stereocenters. The lowest BCUT2D eigenvalue weighted by Crippen LogP contribution is -2.21. The molecule has 0 radical (unpaired) electrons. The predicted molar refractivity (Wildman–Crippen MR) is 53.5 cm³/mol. The van der Waals surface area contributed by atoms with Gasteiger partial charge in [0.2, 0.25) is 0 Å². The Morgan fingerprint density at radius 2 is 1.75 bits per heavy atom. The summed E-state index contributed by atoms with van der Waals surface area (Å²) in [7, 11) is 1.45. The highest BCUT2D eigenvalue weighted by molar-refractivity contribution is 5.42. The van der Waals surface area contributed by atoms with E-state index in [0.717, 1.165) is 0 Å². The second-order valence-corrected chi connectivity index (χ2v) is 3.62. The van der Waals surface area contributed by atoms with E-state index >= 15 is 0 Å². The molecular weight excluding hydrogens is 221 g/mol. The van der Waals surface area contributed by atoms with Crippen molar-refractivity contribution in [1.82, 2.24) is 0 Å². The number of aryl methyl sites for hydroxylation is 2. The quantitative estimate of drug-likeness (QED) is 0.852. The van der Waals surface area contributed by atoms with Crippen LogP contribution >= 0.6 is 0 Å². The summed E-state index contributed by atoms with van der Waals surface area (Å²) in [4.78, 5) is 0. The van der Waals surface area contributed by atoms with E-state index in [9.17, 15) is 13.2 Å². The maximum absolute atomic E-state index is 12.3. The van der Waals surface area contributed by atoms with Gasteiger partial charge in [0.1, 0.15) is 5.75 Å². The Balaban J connectivity index is 3.21. The van der Waals surface area contributed by atoms with Gasteiger partial charge in [-0.2, -0.15) is 13.2 Å². The Morgan fingerprint density at radius 3 is 2.19 bits per heavy atom. The van der Waals surface area contributed by atoms with Gasteiger partial charge in [-0.15, -0.1) is 0 Å². The molecule has 0 saturated carbocycles. The summed E-state index contributed by atoms with van der Waals surface area (Å²) in [5.74, 6) is 0.510. The number of aliphatic hydroxyl groups is 1. The summed E-state index contributed by atoms with van der Waals surface area (Å²) in [5, 5.41) is 9.16. The summed E-state index contributed by atoms with van der Waals surface area (Å²) in [5.41, 5.74) is 0.782. The molecule has 0 spiro atoms. The normalized spacial score (nSPS) is 13.7. The van der Waals surface area contributed by atoms with Crippen molar-refractivity contribution in [2.45, 2.75) is 26.1 Å². The molecule has 1 atom stereocenters. The lowest BCUT2D eigenvalue weighted by atomic mass is 9.99. The van der Waals surface area contributed by atoms with Crippen molar-refractivity contribution in [2.75, 3.05) is 7.11 Å². The Labute approximate surface area is 91.7 Å². The van der Waals surface area contributed by atoms with Gasteiger partial charge in [-0.3, -0.25) is 0 Å². The van der Waals surface area contributed by atoms with Crippen molar-refractivity contribution in [3.8, 4) is 5.75 Å². The van der Waals surface area contributed by atoms with Crippen molar-refractivity contribution in [3.05, 3.63) is 28.8 Å². The fourth-order valence-corrected chi connectivity index (χ4v) is 1.50. The molecular formula is C11H13F3O2. The highest BCUT2D eigenvalue weighted by atomic mass is 19.4. The van der Waals surface area contributed by atoms with Crippen LogP contribution in [0, 0.1) is 13.8 Å².